The Kier molecular flexibility index (Phi) is 6.52. The summed E-state index contributed by atoms with van der Waals surface area (Å²) < 4.78 is 0. The van der Waals surface area contributed by atoms with Crippen molar-refractivity contribution in [2.75, 3.05) is 30.3 Å². The molecule has 1 rings (SSSR count). The molecule has 122 valence electrons. The van der Waals surface area contributed by atoms with Crippen molar-refractivity contribution in [3.63, 3.8) is 0 Å². The lowest BCUT2D eigenvalue weighted by atomic mass is 10.1. The largest absolute Gasteiger partial charge is 0.326 e. The van der Waals surface area contributed by atoms with E-state index in [4.69, 9.17) is 5.73 Å². The zero-order valence-electron chi connectivity index (χ0n) is 13.8. The van der Waals surface area contributed by atoms with Gasteiger partial charge in [0.05, 0.1) is 6.54 Å². The zero-order chi connectivity index (χ0) is 16.8. The quantitative estimate of drug-likeness (QED) is 0.714. The van der Waals surface area contributed by atoms with Gasteiger partial charge in [0.2, 0.25) is 11.8 Å². The van der Waals surface area contributed by atoms with Crippen LogP contribution in [-0.2, 0) is 9.59 Å². The van der Waals surface area contributed by atoms with Crippen LogP contribution in [0.25, 0.3) is 0 Å². The standard InChI is InChI=1S/C16H26N4O2/c1-5-20(11-16(3,4)17)10-15(22)19-14-8-6-13(7-9-14)18-12(2)21/h6-9H,5,10-11,17H2,1-4H3,(H,18,21)(H,19,22). The third-order valence-electron chi connectivity index (χ3n) is 2.93. The highest BCUT2D eigenvalue weighted by molar-refractivity contribution is 5.93. The van der Waals surface area contributed by atoms with E-state index in [1.807, 2.05) is 25.7 Å². The van der Waals surface area contributed by atoms with Crippen LogP contribution in [-0.4, -0.2) is 41.9 Å². The Morgan fingerprint density at radius 3 is 2.05 bits per heavy atom. The van der Waals surface area contributed by atoms with Crippen molar-refractivity contribution in [3.8, 4) is 0 Å². The Balaban J connectivity index is 2.55. The summed E-state index contributed by atoms with van der Waals surface area (Å²) in [6, 6.07) is 7.01. The van der Waals surface area contributed by atoms with Gasteiger partial charge in [0, 0.05) is 30.4 Å². The fourth-order valence-electron chi connectivity index (χ4n) is 2.10. The van der Waals surface area contributed by atoms with Crippen molar-refractivity contribution in [1.29, 1.82) is 0 Å². The van der Waals surface area contributed by atoms with Crippen molar-refractivity contribution in [3.05, 3.63) is 24.3 Å². The Hall–Kier alpha value is -1.92. The van der Waals surface area contributed by atoms with Crippen LogP contribution in [0.2, 0.25) is 0 Å². The monoisotopic (exact) mass is 306 g/mol. The number of hydrogen-bond acceptors (Lipinski definition) is 4. The van der Waals surface area contributed by atoms with Gasteiger partial charge >= 0.3 is 0 Å². The van der Waals surface area contributed by atoms with Gasteiger partial charge in [-0.1, -0.05) is 6.92 Å². The van der Waals surface area contributed by atoms with Crippen LogP contribution in [0.15, 0.2) is 24.3 Å². The summed E-state index contributed by atoms with van der Waals surface area (Å²) in [6.45, 7) is 9.04. The molecule has 0 aliphatic rings. The molecule has 6 heteroatoms. The number of carbonyl (C=O) groups excluding carboxylic acids is 2. The number of hydrogen-bond donors (Lipinski definition) is 3. The van der Waals surface area contributed by atoms with Crippen molar-refractivity contribution < 1.29 is 9.59 Å². The van der Waals surface area contributed by atoms with Crippen molar-refractivity contribution in [1.82, 2.24) is 4.90 Å². The lowest BCUT2D eigenvalue weighted by Gasteiger charge is -2.28. The summed E-state index contributed by atoms with van der Waals surface area (Å²) in [7, 11) is 0. The highest BCUT2D eigenvalue weighted by Crippen LogP contribution is 2.13. The number of rotatable bonds is 7. The van der Waals surface area contributed by atoms with Crippen molar-refractivity contribution >= 4 is 23.2 Å². The molecule has 0 radical (unpaired) electrons. The number of nitrogens with zero attached hydrogens (tertiary/aromatic N) is 1. The maximum absolute atomic E-state index is 12.1. The van der Waals surface area contributed by atoms with Crippen molar-refractivity contribution in [2.45, 2.75) is 33.2 Å². The predicted octanol–water partition coefficient (Wildman–Crippen LogP) is 1.64. The summed E-state index contributed by atoms with van der Waals surface area (Å²) in [6.07, 6.45) is 0. The van der Waals surface area contributed by atoms with Gasteiger partial charge in [-0.25, -0.2) is 0 Å². The van der Waals surface area contributed by atoms with E-state index in [1.54, 1.807) is 24.3 Å². The van der Waals surface area contributed by atoms with E-state index in [0.717, 1.165) is 6.54 Å². The molecule has 22 heavy (non-hydrogen) atoms. The molecule has 2 amide bonds. The third kappa shape index (κ3) is 7.19. The van der Waals surface area contributed by atoms with Gasteiger partial charge in [0.25, 0.3) is 0 Å². The van der Waals surface area contributed by atoms with E-state index in [-0.39, 0.29) is 17.4 Å². The van der Waals surface area contributed by atoms with Crippen LogP contribution >= 0.6 is 0 Å². The molecule has 0 bridgehead atoms. The Bertz CT molecular complexity index is 506. The van der Waals surface area contributed by atoms with Gasteiger partial charge in [0.15, 0.2) is 0 Å². The van der Waals surface area contributed by atoms with Gasteiger partial charge in [0.1, 0.15) is 0 Å². The molecule has 0 heterocycles. The van der Waals surface area contributed by atoms with Crippen LogP contribution in [0.3, 0.4) is 0 Å². The molecule has 0 atom stereocenters. The molecule has 1 aromatic carbocycles. The summed E-state index contributed by atoms with van der Waals surface area (Å²) >= 11 is 0. The van der Waals surface area contributed by atoms with Crippen LogP contribution in [0.4, 0.5) is 11.4 Å². The second-order valence-corrected chi connectivity index (χ2v) is 6.10. The number of benzene rings is 1. The fourth-order valence-corrected chi connectivity index (χ4v) is 2.10. The van der Waals surface area contributed by atoms with Crippen LogP contribution in [0.5, 0.6) is 0 Å². The first kappa shape index (κ1) is 18.1. The first-order valence-electron chi connectivity index (χ1n) is 7.38. The topological polar surface area (TPSA) is 87.5 Å². The number of carbonyl (C=O) groups is 2. The molecule has 1 aromatic rings. The van der Waals surface area contributed by atoms with Gasteiger partial charge in [-0.05, 0) is 44.7 Å². The van der Waals surface area contributed by atoms with E-state index >= 15 is 0 Å². The highest BCUT2D eigenvalue weighted by atomic mass is 16.2. The fraction of sp³-hybridized carbons (Fsp3) is 0.500. The van der Waals surface area contributed by atoms with E-state index in [0.29, 0.717) is 24.5 Å². The summed E-state index contributed by atoms with van der Waals surface area (Å²) in [5, 5.41) is 5.52. The summed E-state index contributed by atoms with van der Waals surface area (Å²) in [4.78, 5) is 25.0. The first-order chi connectivity index (χ1) is 10.2. The zero-order valence-corrected chi connectivity index (χ0v) is 13.8. The lowest BCUT2D eigenvalue weighted by molar-refractivity contribution is -0.117. The van der Waals surface area contributed by atoms with Crippen molar-refractivity contribution in [2.24, 2.45) is 5.73 Å². The molecule has 0 spiro atoms. The predicted molar refractivity (Wildman–Crippen MR) is 89.8 cm³/mol. The molecular weight excluding hydrogens is 280 g/mol. The van der Waals surface area contributed by atoms with Gasteiger partial charge in [-0.2, -0.15) is 0 Å². The van der Waals surface area contributed by atoms with Gasteiger partial charge in [-0.15, -0.1) is 0 Å². The lowest BCUT2D eigenvalue weighted by Crippen LogP contribution is -2.47. The maximum atomic E-state index is 12.1. The third-order valence-corrected chi connectivity index (χ3v) is 2.93. The Morgan fingerprint density at radius 2 is 1.64 bits per heavy atom. The molecule has 6 nitrogen and oxygen atoms in total. The van der Waals surface area contributed by atoms with Gasteiger partial charge in [-0.3, -0.25) is 14.5 Å². The molecule has 0 aliphatic carbocycles. The maximum Gasteiger partial charge on any atom is 0.238 e. The molecule has 0 aromatic heterocycles. The minimum absolute atomic E-state index is 0.0848. The van der Waals surface area contributed by atoms with Crippen LogP contribution in [0, 0.1) is 0 Å². The number of nitrogens with one attached hydrogen (secondary N) is 2. The molecule has 4 N–H and O–H groups in total. The number of nitrogens with two attached hydrogens (primary N) is 1. The molecule has 0 fully saturated rings. The normalized spacial score (nSPS) is 11.4. The number of amides is 2. The smallest absolute Gasteiger partial charge is 0.238 e. The number of anilines is 2. The van der Waals surface area contributed by atoms with Crippen LogP contribution < -0.4 is 16.4 Å². The second kappa shape index (κ2) is 7.91. The average molecular weight is 306 g/mol. The molecule has 0 saturated heterocycles. The summed E-state index contributed by atoms with van der Waals surface area (Å²) in [5.41, 5.74) is 7.05. The second-order valence-electron chi connectivity index (χ2n) is 6.10. The molecule has 0 unspecified atom stereocenters. The molecule has 0 aliphatic heterocycles. The Morgan fingerprint density at radius 1 is 1.14 bits per heavy atom. The number of likely N-dealkylation sites (N-methyl/N-ethyl adjacent to an activating group) is 1. The molecular formula is C16H26N4O2. The van der Waals surface area contributed by atoms with E-state index in [2.05, 4.69) is 10.6 Å². The van der Waals surface area contributed by atoms with E-state index in [1.165, 1.54) is 6.92 Å². The minimum Gasteiger partial charge on any atom is -0.326 e. The van der Waals surface area contributed by atoms with Crippen LogP contribution in [0.1, 0.15) is 27.7 Å². The Labute approximate surface area is 132 Å². The SMILES string of the molecule is CCN(CC(=O)Nc1ccc(NC(C)=O)cc1)CC(C)(C)N. The van der Waals surface area contributed by atoms with E-state index in [9.17, 15) is 9.59 Å². The van der Waals surface area contributed by atoms with E-state index < -0.39 is 0 Å². The van der Waals surface area contributed by atoms with Gasteiger partial charge < -0.3 is 16.4 Å². The highest BCUT2D eigenvalue weighted by Gasteiger charge is 2.17. The molecule has 0 saturated carbocycles. The summed E-state index contributed by atoms with van der Waals surface area (Å²) in [5.74, 6) is -0.210. The average Bonchev–Trinajstić information content (AvgIpc) is 2.38. The minimum atomic E-state index is -0.337. The first-order valence-corrected chi connectivity index (χ1v) is 7.38.